The average Bonchev–Trinajstić information content (AvgIpc) is 2.93. The number of fused-ring (bicyclic) bond motifs is 1. The highest BCUT2D eigenvalue weighted by atomic mass is 16.6. The summed E-state index contributed by atoms with van der Waals surface area (Å²) in [6, 6.07) is 3.63. The molecular formula is C23H27N3O7. The maximum absolute atomic E-state index is 12.9. The molecular weight excluding hydrogens is 430 g/mol. The summed E-state index contributed by atoms with van der Waals surface area (Å²) in [6.07, 6.45) is 1.30. The lowest BCUT2D eigenvalue weighted by molar-refractivity contribution is -0.136. The van der Waals surface area contributed by atoms with Gasteiger partial charge in [0, 0.05) is 25.4 Å². The number of benzene rings is 1. The second-order valence-corrected chi connectivity index (χ2v) is 9.41. The average molecular weight is 457 g/mol. The Hall–Kier alpha value is -3.43. The van der Waals surface area contributed by atoms with Gasteiger partial charge in [-0.2, -0.15) is 0 Å². The van der Waals surface area contributed by atoms with E-state index in [4.69, 9.17) is 9.47 Å². The van der Waals surface area contributed by atoms with Crippen molar-refractivity contribution in [2.24, 2.45) is 0 Å². The SMILES string of the molecule is CC(C)(C)OC(=O)N1CCC1CCOc1ccc2c(c1)C(=O)N(C1CCC(=O)NC1=O)C2=O. The first-order chi connectivity index (χ1) is 15.5. The molecule has 3 heterocycles. The lowest BCUT2D eigenvalue weighted by Crippen LogP contribution is -2.54. The molecule has 0 aromatic heterocycles. The Kier molecular flexibility index (Phi) is 5.85. The number of carbonyl (C=O) groups excluding carboxylic acids is 5. The molecule has 0 aliphatic carbocycles. The van der Waals surface area contributed by atoms with Crippen molar-refractivity contribution in [2.75, 3.05) is 13.2 Å². The number of ether oxygens (including phenoxy) is 2. The van der Waals surface area contributed by atoms with Gasteiger partial charge in [0.1, 0.15) is 17.4 Å². The zero-order valence-corrected chi connectivity index (χ0v) is 18.9. The standard InChI is InChI=1S/C23H27N3O7/c1-23(2,3)33-22(31)25-10-8-13(25)9-11-32-14-4-5-15-16(12-14)21(30)26(20(15)29)17-6-7-18(27)24-19(17)28/h4-5,12-13,17H,6-11H2,1-3H3,(H,24,27,28). The van der Waals surface area contributed by atoms with Crippen LogP contribution in [0, 0.1) is 0 Å². The van der Waals surface area contributed by atoms with Crippen molar-refractivity contribution in [1.29, 1.82) is 0 Å². The van der Waals surface area contributed by atoms with Crippen molar-refractivity contribution in [1.82, 2.24) is 15.1 Å². The van der Waals surface area contributed by atoms with E-state index in [2.05, 4.69) is 5.32 Å². The zero-order valence-electron chi connectivity index (χ0n) is 18.9. The van der Waals surface area contributed by atoms with Crippen LogP contribution >= 0.6 is 0 Å². The smallest absolute Gasteiger partial charge is 0.410 e. The molecule has 0 spiro atoms. The van der Waals surface area contributed by atoms with Gasteiger partial charge >= 0.3 is 6.09 Å². The van der Waals surface area contributed by atoms with E-state index in [1.165, 1.54) is 12.1 Å². The van der Waals surface area contributed by atoms with Crippen LogP contribution in [0.3, 0.4) is 0 Å². The van der Waals surface area contributed by atoms with E-state index < -0.39 is 35.3 Å². The van der Waals surface area contributed by atoms with Crippen LogP contribution in [0.5, 0.6) is 5.75 Å². The molecule has 2 atom stereocenters. The van der Waals surface area contributed by atoms with Gasteiger partial charge in [-0.05, 0) is 51.8 Å². The lowest BCUT2D eigenvalue weighted by Gasteiger charge is -2.41. The molecule has 2 saturated heterocycles. The molecule has 3 aliphatic heterocycles. The van der Waals surface area contributed by atoms with Gasteiger partial charge in [-0.3, -0.25) is 29.4 Å². The van der Waals surface area contributed by atoms with Gasteiger partial charge in [0.15, 0.2) is 0 Å². The van der Waals surface area contributed by atoms with E-state index >= 15 is 0 Å². The number of imide groups is 2. The fourth-order valence-corrected chi connectivity index (χ4v) is 4.15. The minimum atomic E-state index is -1.00. The van der Waals surface area contributed by atoms with Crippen molar-refractivity contribution >= 4 is 29.7 Å². The molecule has 1 aromatic carbocycles. The first-order valence-electron chi connectivity index (χ1n) is 11.0. The van der Waals surface area contributed by atoms with Crippen molar-refractivity contribution < 1.29 is 33.4 Å². The van der Waals surface area contributed by atoms with Gasteiger partial charge in [-0.1, -0.05) is 0 Å². The Morgan fingerprint density at radius 3 is 2.45 bits per heavy atom. The van der Waals surface area contributed by atoms with Crippen molar-refractivity contribution in [2.45, 2.75) is 64.1 Å². The summed E-state index contributed by atoms with van der Waals surface area (Å²) >= 11 is 0. The molecule has 0 radical (unpaired) electrons. The van der Waals surface area contributed by atoms with E-state index in [1.54, 1.807) is 11.0 Å². The lowest BCUT2D eigenvalue weighted by atomic mass is 10.0. The third kappa shape index (κ3) is 4.55. The number of rotatable bonds is 5. The first kappa shape index (κ1) is 22.8. The summed E-state index contributed by atoms with van der Waals surface area (Å²) < 4.78 is 11.2. The highest BCUT2D eigenvalue weighted by Crippen LogP contribution is 2.30. The third-order valence-corrected chi connectivity index (χ3v) is 5.90. The molecule has 0 bridgehead atoms. The summed E-state index contributed by atoms with van der Waals surface area (Å²) in [5.41, 5.74) is -0.183. The molecule has 5 amide bonds. The van der Waals surface area contributed by atoms with Crippen LogP contribution < -0.4 is 10.1 Å². The number of nitrogens with one attached hydrogen (secondary N) is 1. The molecule has 2 unspecified atom stereocenters. The quantitative estimate of drug-likeness (QED) is 0.670. The first-order valence-corrected chi connectivity index (χ1v) is 11.0. The van der Waals surface area contributed by atoms with Crippen LogP contribution in [0.25, 0.3) is 0 Å². The molecule has 1 N–H and O–H groups in total. The van der Waals surface area contributed by atoms with Crippen LogP contribution in [0.1, 0.15) is 67.2 Å². The summed E-state index contributed by atoms with van der Waals surface area (Å²) in [5.74, 6) is -1.78. The largest absolute Gasteiger partial charge is 0.493 e. The summed E-state index contributed by atoms with van der Waals surface area (Å²) in [4.78, 5) is 64.0. The van der Waals surface area contributed by atoms with Gasteiger partial charge in [-0.15, -0.1) is 0 Å². The molecule has 176 valence electrons. The predicted octanol–water partition coefficient (Wildman–Crippen LogP) is 1.87. The van der Waals surface area contributed by atoms with E-state index in [0.29, 0.717) is 25.3 Å². The van der Waals surface area contributed by atoms with Crippen molar-refractivity contribution in [3.63, 3.8) is 0 Å². The van der Waals surface area contributed by atoms with Gasteiger partial charge in [0.25, 0.3) is 11.8 Å². The predicted molar refractivity (Wildman–Crippen MR) is 115 cm³/mol. The van der Waals surface area contributed by atoms with Crippen molar-refractivity contribution in [3.8, 4) is 5.75 Å². The fraction of sp³-hybridized carbons (Fsp3) is 0.522. The summed E-state index contributed by atoms with van der Waals surface area (Å²) in [7, 11) is 0. The Morgan fingerprint density at radius 2 is 1.82 bits per heavy atom. The van der Waals surface area contributed by atoms with Gasteiger partial charge in [0.2, 0.25) is 11.8 Å². The van der Waals surface area contributed by atoms with Gasteiger partial charge in [0.05, 0.1) is 17.7 Å². The highest BCUT2D eigenvalue weighted by molar-refractivity contribution is 6.23. The topological polar surface area (TPSA) is 122 Å². The Morgan fingerprint density at radius 1 is 1.09 bits per heavy atom. The zero-order chi connectivity index (χ0) is 23.9. The Bertz CT molecular complexity index is 1030. The fourth-order valence-electron chi connectivity index (χ4n) is 4.15. The normalized spacial score (nSPS) is 22.6. The van der Waals surface area contributed by atoms with E-state index in [9.17, 15) is 24.0 Å². The van der Waals surface area contributed by atoms with E-state index in [-0.39, 0.29) is 36.1 Å². The summed E-state index contributed by atoms with van der Waals surface area (Å²) in [6.45, 7) is 6.44. The molecule has 0 saturated carbocycles. The Balaban J connectivity index is 1.35. The number of likely N-dealkylation sites (tertiary alicyclic amines) is 1. The maximum Gasteiger partial charge on any atom is 0.410 e. The van der Waals surface area contributed by atoms with Crippen LogP contribution in [0.2, 0.25) is 0 Å². The summed E-state index contributed by atoms with van der Waals surface area (Å²) in [5, 5.41) is 2.17. The molecule has 1 aromatic rings. The molecule has 2 fully saturated rings. The van der Waals surface area contributed by atoms with Gasteiger partial charge < -0.3 is 14.4 Å². The number of amides is 5. The number of hydrogen-bond donors (Lipinski definition) is 1. The number of carbonyl (C=O) groups is 5. The number of nitrogens with zero attached hydrogens (tertiary/aromatic N) is 2. The van der Waals surface area contributed by atoms with Crippen LogP contribution in [0.4, 0.5) is 4.79 Å². The van der Waals surface area contributed by atoms with Crippen LogP contribution in [-0.2, 0) is 14.3 Å². The Labute approximate surface area is 191 Å². The second-order valence-electron chi connectivity index (χ2n) is 9.41. The van der Waals surface area contributed by atoms with E-state index in [1.807, 2.05) is 20.8 Å². The minimum Gasteiger partial charge on any atom is -0.493 e. The third-order valence-electron chi connectivity index (χ3n) is 5.90. The number of piperidine rings is 1. The molecule has 3 aliphatic rings. The molecule has 4 rings (SSSR count). The molecule has 10 nitrogen and oxygen atoms in total. The highest BCUT2D eigenvalue weighted by Gasteiger charge is 2.44. The monoisotopic (exact) mass is 457 g/mol. The van der Waals surface area contributed by atoms with Crippen LogP contribution in [-0.4, -0.2) is 70.4 Å². The second kappa shape index (κ2) is 8.49. The maximum atomic E-state index is 12.9. The van der Waals surface area contributed by atoms with Crippen molar-refractivity contribution in [3.05, 3.63) is 29.3 Å². The van der Waals surface area contributed by atoms with Gasteiger partial charge in [-0.25, -0.2) is 4.79 Å². The van der Waals surface area contributed by atoms with Crippen LogP contribution in [0.15, 0.2) is 18.2 Å². The number of hydrogen-bond acceptors (Lipinski definition) is 7. The minimum absolute atomic E-state index is 0.0282. The molecule has 33 heavy (non-hydrogen) atoms. The van der Waals surface area contributed by atoms with E-state index in [0.717, 1.165) is 11.3 Å². The molecule has 10 heteroatoms.